The molecule has 118 valence electrons. The molecule has 0 radical (unpaired) electrons. The first-order valence-corrected chi connectivity index (χ1v) is 7.93. The molecule has 1 N–H and O–H groups in total. The van der Waals surface area contributed by atoms with E-state index in [1.54, 1.807) is 0 Å². The molecule has 2 aliphatic rings. The second-order valence-corrected chi connectivity index (χ2v) is 8.22. The van der Waals surface area contributed by atoms with Gasteiger partial charge < -0.3 is 5.11 Å². The number of rotatable bonds is 3. The van der Waals surface area contributed by atoms with Crippen molar-refractivity contribution < 1.29 is 9.50 Å². The molecule has 2 heterocycles. The highest BCUT2D eigenvalue weighted by molar-refractivity contribution is 4.98. The molecule has 3 atom stereocenters. The number of alkyl halides is 1. The van der Waals surface area contributed by atoms with Crippen LogP contribution in [0.15, 0.2) is 0 Å². The first kappa shape index (κ1) is 16.2. The summed E-state index contributed by atoms with van der Waals surface area (Å²) in [4.78, 5) is 4.69. The molecule has 0 aliphatic carbocycles. The van der Waals surface area contributed by atoms with Crippen molar-refractivity contribution in [1.82, 2.24) is 9.80 Å². The van der Waals surface area contributed by atoms with Crippen LogP contribution in [0.1, 0.15) is 53.9 Å². The number of aliphatic hydroxyl groups is 1. The van der Waals surface area contributed by atoms with E-state index in [0.29, 0.717) is 19.0 Å². The van der Waals surface area contributed by atoms with Crippen LogP contribution >= 0.6 is 0 Å². The summed E-state index contributed by atoms with van der Waals surface area (Å²) >= 11 is 0. The summed E-state index contributed by atoms with van der Waals surface area (Å²) < 4.78 is 13.9. The fourth-order valence-corrected chi connectivity index (χ4v) is 3.87. The first-order valence-electron chi connectivity index (χ1n) is 7.93. The number of nitrogens with zero attached hydrogens (tertiary/aromatic N) is 2. The van der Waals surface area contributed by atoms with Gasteiger partial charge in [-0.3, -0.25) is 9.80 Å². The lowest BCUT2D eigenvalue weighted by Gasteiger charge is -2.43. The molecule has 2 rings (SSSR count). The lowest BCUT2D eigenvalue weighted by molar-refractivity contribution is 0.0547. The zero-order valence-corrected chi connectivity index (χ0v) is 13.7. The Morgan fingerprint density at radius 2 is 1.80 bits per heavy atom. The molecule has 2 aliphatic heterocycles. The van der Waals surface area contributed by atoms with E-state index in [0.717, 1.165) is 25.9 Å². The van der Waals surface area contributed by atoms with Crippen molar-refractivity contribution in [3.8, 4) is 0 Å². The molecule has 2 saturated heterocycles. The number of halogens is 1. The number of β-amino-alcohol motifs (C(OH)–C–C–N with tert-alkyl or cyclic N) is 1. The normalized spacial score (nSPS) is 34.0. The van der Waals surface area contributed by atoms with Crippen molar-refractivity contribution in [3.05, 3.63) is 0 Å². The number of likely N-dealkylation sites (tertiary alicyclic amines) is 2. The van der Waals surface area contributed by atoms with Crippen molar-refractivity contribution in [3.63, 3.8) is 0 Å². The monoisotopic (exact) mass is 286 g/mol. The molecule has 2 fully saturated rings. The summed E-state index contributed by atoms with van der Waals surface area (Å²) in [6, 6.07) is 0.303. The molecule has 0 bridgehead atoms. The van der Waals surface area contributed by atoms with Crippen LogP contribution < -0.4 is 0 Å². The molecule has 3 nitrogen and oxygen atoms in total. The largest absolute Gasteiger partial charge is 0.392 e. The van der Waals surface area contributed by atoms with Crippen LogP contribution in [0.3, 0.4) is 0 Å². The van der Waals surface area contributed by atoms with Crippen LogP contribution in [0.25, 0.3) is 0 Å². The molecule has 4 heteroatoms. The Kier molecular flexibility index (Phi) is 4.49. The van der Waals surface area contributed by atoms with Gasteiger partial charge >= 0.3 is 0 Å². The molecule has 0 aromatic carbocycles. The Hall–Kier alpha value is -0.190. The van der Waals surface area contributed by atoms with Crippen molar-refractivity contribution >= 4 is 0 Å². The zero-order valence-electron chi connectivity index (χ0n) is 13.7. The van der Waals surface area contributed by atoms with E-state index < -0.39 is 6.17 Å². The molecule has 0 spiro atoms. The maximum Gasteiger partial charge on any atom is 0.114 e. The van der Waals surface area contributed by atoms with Gasteiger partial charge in [0.15, 0.2) is 0 Å². The minimum Gasteiger partial charge on any atom is -0.392 e. The van der Waals surface area contributed by atoms with Crippen molar-refractivity contribution in [2.45, 2.75) is 83.3 Å². The van der Waals surface area contributed by atoms with Crippen molar-refractivity contribution in [2.24, 2.45) is 0 Å². The Morgan fingerprint density at radius 3 is 2.30 bits per heavy atom. The molecule has 0 aromatic heterocycles. The third kappa shape index (κ3) is 3.52. The molecule has 0 aromatic rings. The lowest BCUT2D eigenvalue weighted by atomic mass is 9.90. The minimum atomic E-state index is -0.695. The van der Waals surface area contributed by atoms with Crippen molar-refractivity contribution in [2.75, 3.05) is 19.6 Å². The van der Waals surface area contributed by atoms with E-state index in [1.807, 2.05) is 0 Å². The lowest BCUT2D eigenvalue weighted by Crippen LogP contribution is -2.51. The highest BCUT2D eigenvalue weighted by Gasteiger charge is 2.43. The fraction of sp³-hybridized carbons (Fsp3) is 1.00. The highest BCUT2D eigenvalue weighted by atomic mass is 19.1. The first-order chi connectivity index (χ1) is 9.09. The van der Waals surface area contributed by atoms with Gasteiger partial charge in [0.25, 0.3) is 0 Å². The van der Waals surface area contributed by atoms with Gasteiger partial charge in [0, 0.05) is 36.8 Å². The maximum absolute atomic E-state index is 13.9. The number of aliphatic hydroxyl groups excluding tert-OH is 1. The predicted molar refractivity (Wildman–Crippen MR) is 80.7 cm³/mol. The molecule has 0 amide bonds. The summed E-state index contributed by atoms with van der Waals surface area (Å²) in [5.74, 6) is 0. The highest BCUT2D eigenvalue weighted by Crippen LogP contribution is 2.35. The Labute approximate surface area is 123 Å². The van der Waals surface area contributed by atoms with Gasteiger partial charge in [0.1, 0.15) is 6.17 Å². The van der Waals surface area contributed by atoms with Gasteiger partial charge in [-0.2, -0.15) is 0 Å². The van der Waals surface area contributed by atoms with Gasteiger partial charge in [-0.1, -0.05) is 0 Å². The Balaban J connectivity index is 2.03. The van der Waals surface area contributed by atoms with Gasteiger partial charge in [-0.15, -0.1) is 0 Å². The van der Waals surface area contributed by atoms with Crippen LogP contribution in [-0.2, 0) is 0 Å². The molecular weight excluding hydrogens is 255 g/mol. The summed E-state index contributed by atoms with van der Waals surface area (Å²) in [6.07, 6.45) is 1.60. The summed E-state index contributed by atoms with van der Waals surface area (Å²) in [5, 5.41) is 9.74. The van der Waals surface area contributed by atoms with Crippen LogP contribution in [0.2, 0.25) is 0 Å². The van der Waals surface area contributed by atoms with E-state index in [9.17, 15) is 9.50 Å². The molecule has 20 heavy (non-hydrogen) atoms. The average molecular weight is 286 g/mol. The smallest absolute Gasteiger partial charge is 0.114 e. The minimum absolute atomic E-state index is 0.0200. The predicted octanol–water partition coefficient (Wildman–Crippen LogP) is 2.43. The van der Waals surface area contributed by atoms with Gasteiger partial charge in [-0.05, 0) is 53.9 Å². The van der Waals surface area contributed by atoms with Gasteiger partial charge in [-0.25, -0.2) is 4.39 Å². The van der Waals surface area contributed by atoms with E-state index >= 15 is 0 Å². The average Bonchev–Trinajstić information content (AvgIpc) is 2.84. The van der Waals surface area contributed by atoms with Crippen LogP contribution in [0, 0.1) is 0 Å². The quantitative estimate of drug-likeness (QED) is 0.863. The third-order valence-corrected chi connectivity index (χ3v) is 4.98. The summed E-state index contributed by atoms with van der Waals surface area (Å²) in [7, 11) is 0. The van der Waals surface area contributed by atoms with E-state index in [2.05, 4.69) is 44.4 Å². The van der Waals surface area contributed by atoms with Crippen LogP contribution in [0.5, 0.6) is 0 Å². The number of hydrogen-bond acceptors (Lipinski definition) is 3. The SMILES string of the molecule is CC(C)(C)N1CC(F)CC1CC(C)(C)N1CCC(O)C1. The number of hydrogen-bond donors (Lipinski definition) is 1. The van der Waals surface area contributed by atoms with Crippen LogP contribution in [-0.4, -0.2) is 63.9 Å². The molecular formula is C16H31FN2O. The maximum atomic E-state index is 13.9. The van der Waals surface area contributed by atoms with E-state index in [1.165, 1.54) is 0 Å². The zero-order chi connectivity index (χ0) is 15.1. The van der Waals surface area contributed by atoms with Crippen molar-refractivity contribution in [1.29, 1.82) is 0 Å². The molecule has 0 saturated carbocycles. The Bertz CT molecular complexity index is 340. The van der Waals surface area contributed by atoms with E-state index in [-0.39, 0.29) is 17.2 Å². The van der Waals surface area contributed by atoms with Gasteiger partial charge in [0.2, 0.25) is 0 Å². The fourth-order valence-electron chi connectivity index (χ4n) is 3.87. The third-order valence-electron chi connectivity index (χ3n) is 4.98. The Morgan fingerprint density at radius 1 is 1.15 bits per heavy atom. The van der Waals surface area contributed by atoms with Crippen LogP contribution in [0.4, 0.5) is 4.39 Å². The second kappa shape index (κ2) is 5.54. The molecule has 3 unspecified atom stereocenters. The van der Waals surface area contributed by atoms with E-state index in [4.69, 9.17) is 0 Å². The summed E-state index contributed by atoms with van der Waals surface area (Å²) in [5.41, 5.74) is 0.0435. The van der Waals surface area contributed by atoms with Gasteiger partial charge in [0.05, 0.1) is 6.10 Å². The second-order valence-electron chi connectivity index (χ2n) is 8.22. The topological polar surface area (TPSA) is 26.7 Å². The standard InChI is InChI=1S/C16H31FN2O/c1-15(2,3)19-10-12(17)8-13(19)9-16(4,5)18-7-6-14(20)11-18/h12-14,20H,6-11H2,1-5H3. The summed E-state index contributed by atoms with van der Waals surface area (Å²) in [6.45, 7) is 13.3.